The molecule has 0 unspecified atom stereocenters. The predicted molar refractivity (Wildman–Crippen MR) is 124 cm³/mol. The van der Waals surface area contributed by atoms with E-state index < -0.39 is 0 Å². The number of ketones is 1. The molecule has 3 aromatic heterocycles. The van der Waals surface area contributed by atoms with Crippen LogP contribution < -0.4 is 0 Å². The zero-order valence-corrected chi connectivity index (χ0v) is 19.8. The first kappa shape index (κ1) is 23.2. The number of nitrogens with zero attached hydrogens (tertiary/aromatic N) is 5. The van der Waals surface area contributed by atoms with Crippen LogP contribution in [0.4, 0.5) is 0 Å². The molecular weight excluding hydrogens is 410 g/mol. The molecule has 0 amide bonds. The van der Waals surface area contributed by atoms with E-state index in [0.29, 0.717) is 30.0 Å². The van der Waals surface area contributed by atoms with E-state index in [-0.39, 0.29) is 5.78 Å². The molecule has 0 aromatic carbocycles. The van der Waals surface area contributed by atoms with Crippen LogP contribution in [0.3, 0.4) is 0 Å². The maximum atomic E-state index is 13.0. The monoisotopic (exact) mass is 441 g/mol. The van der Waals surface area contributed by atoms with Gasteiger partial charge < -0.3 is 9.30 Å². The summed E-state index contributed by atoms with van der Waals surface area (Å²) in [6.45, 7) is 10.6. The van der Waals surface area contributed by atoms with Crippen LogP contribution in [0.15, 0.2) is 35.7 Å². The zero-order chi connectivity index (χ0) is 22.4. The van der Waals surface area contributed by atoms with Crippen molar-refractivity contribution in [1.29, 1.82) is 0 Å². The van der Waals surface area contributed by atoms with Crippen LogP contribution in [0.25, 0.3) is 11.4 Å². The van der Waals surface area contributed by atoms with Crippen LogP contribution in [-0.4, -0.2) is 49.6 Å². The zero-order valence-electron chi connectivity index (χ0n) is 19.0. The van der Waals surface area contributed by atoms with Crippen LogP contribution in [0.1, 0.15) is 42.0 Å². The summed E-state index contributed by atoms with van der Waals surface area (Å²) in [6, 6.07) is 5.81. The molecule has 0 bridgehead atoms. The summed E-state index contributed by atoms with van der Waals surface area (Å²) in [4.78, 5) is 17.1. The third kappa shape index (κ3) is 5.62. The molecule has 0 fully saturated rings. The molecule has 0 aliphatic carbocycles. The molecule has 0 atom stereocenters. The van der Waals surface area contributed by atoms with Crippen molar-refractivity contribution in [2.45, 2.75) is 52.4 Å². The van der Waals surface area contributed by atoms with Gasteiger partial charge >= 0.3 is 0 Å². The van der Waals surface area contributed by atoms with E-state index in [4.69, 9.17) is 4.74 Å². The van der Waals surface area contributed by atoms with Gasteiger partial charge in [0, 0.05) is 48.6 Å². The SMILES string of the molecule is COCCn1c(SCC(=O)c2cc(C)n(CCC(C)C)c2C)nnc1-c1ccncc1. The average Bonchev–Trinajstić information content (AvgIpc) is 3.29. The van der Waals surface area contributed by atoms with Crippen LogP contribution in [-0.2, 0) is 17.8 Å². The average molecular weight is 442 g/mol. The van der Waals surface area contributed by atoms with Crippen LogP contribution in [0.2, 0.25) is 0 Å². The van der Waals surface area contributed by atoms with Crippen LogP contribution >= 0.6 is 11.8 Å². The number of hydrogen-bond acceptors (Lipinski definition) is 6. The van der Waals surface area contributed by atoms with Crippen molar-refractivity contribution in [3.8, 4) is 11.4 Å². The van der Waals surface area contributed by atoms with Gasteiger partial charge in [-0.1, -0.05) is 25.6 Å². The van der Waals surface area contributed by atoms with E-state index in [2.05, 4.69) is 40.5 Å². The molecular formula is C23H31N5O2S. The van der Waals surface area contributed by atoms with E-state index in [9.17, 15) is 4.79 Å². The first-order chi connectivity index (χ1) is 14.9. The molecule has 0 aliphatic rings. The van der Waals surface area contributed by atoms with Gasteiger partial charge in [0.2, 0.25) is 0 Å². The maximum absolute atomic E-state index is 13.0. The molecule has 0 N–H and O–H groups in total. The number of hydrogen-bond donors (Lipinski definition) is 0. The van der Waals surface area contributed by atoms with Gasteiger partial charge in [-0.05, 0) is 44.4 Å². The second-order valence-electron chi connectivity index (χ2n) is 8.02. The molecule has 166 valence electrons. The molecule has 8 heteroatoms. The number of aromatic nitrogens is 5. The minimum atomic E-state index is 0.112. The Morgan fingerprint density at radius 2 is 1.87 bits per heavy atom. The van der Waals surface area contributed by atoms with Gasteiger partial charge in [0.15, 0.2) is 16.8 Å². The quantitative estimate of drug-likeness (QED) is 0.324. The minimum Gasteiger partial charge on any atom is -0.383 e. The first-order valence-corrected chi connectivity index (χ1v) is 11.6. The fourth-order valence-electron chi connectivity index (χ4n) is 3.52. The summed E-state index contributed by atoms with van der Waals surface area (Å²) in [6.07, 6.45) is 4.56. The molecule has 0 radical (unpaired) electrons. The van der Waals surface area contributed by atoms with Crippen molar-refractivity contribution in [1.82, 2.24) is 24.3 Å². The third-order valence-electron chi connectivity index (χ3n) is 5.31. The minimum absolute atomic E-state index is 0.112. The Balaban J connectivity index is 1.76. The highest BCUT2D eigenvalue weighted by Crippen LogP contribution is 2.25. The summed E-state index contributed by atoms with van der Waals surface area (Å²) < 4.78 is 9.51. The number of rotatable bonds is 11. The van der Waals surface area contributed by atoms with Crippen molar-refractivity contribution in [3.63, 3.8) is 0 Å². The predicted octanol–water partition coefficient (Wildman–Crippen LogP) is 4.43. The number of aryl methyl sites for hydroxylation is 1. The maximum Gasteiger partial charge on any atom is 0.192 e. The number of thioether (sulfide) groups is 1. The number of methoxy groups -OCH3 is 1. The van der Waals surface area contributed by atoms with Crippen LogP contribution in [0.5, 0.6) is 0 Å². The lowest BCUT2D eigenvalue weighted by Crippen LogP contribution is -2.10. The number of ether oxygens (including phenoxy) is 1. The number of pyridine rings is 1. The Labute approximate surface area is 188 Å². The molecule has 0 aliphatic heterocycles. The van der Waals surface area contributed by atoms with Gasteiger partial charge in [0.25, 0.3) is 0 Å². The Bertz CT molecular complexity index is 1010. The van der Waals surface area contributed by atoms with E-state index in [1.807, 2.05) is 29.7 Å². The number of carbonyl (C=O) groups excluding carboxylic acids is 1. The number of carbonyl (C=O) groups is 1. The molecule has 0 spiro atoms. The standard InChI is InChI=1S/C23H31N5O2S/c1-16(2)8-11-27-17(3)14-20(18(27)4)21(29)15-31-23-26-25-22(28(23)12-13-30-5)19-6-9-24-10-7-19/h6-7,9-10,14,16H,8,11-13,15H2,1-5H3. The Kier molecular flexibility index (Phi) is 8.03. The highest BCUT2D eigenvalue weighted by atomic mass is 32.2. The molecule has 7 nitrogen and oxygen atoms in total. The van der Waals surface area contributed by atoms with Crippen molar-refractivity contribution in [3.05, 3.63) is 47.5 Å². The largest absolute Gasteiger partial charge is 0.383 e. The van der Waals surface area contributed by atoms with Crippen molar-refractivity contribution in [2.75, 3.05) is 19.5 Å². The Morgan fingerprint density at radius 3 is 2.55 bits per heavy atom. The summed E-state index contributed by atoms with van der Waals surface area (Å²) >= 11 is 1.42. The first-order valence-electron chi connectivity index (χ1n) is 10.6. The lowest BCUT2D eigenvalue weighted by atomic mass is 10.1. The Morgan fingerprint density at radius 1 is 1.13 bits per heavy atom. The molecule has 0 saturated heterocycles. The highest BCUT2D eigenvalue weighted by molar-refractivity contribution is 7.99. The third-order valence-corrected chi connectivity index (χ3v) is 6.28. The lowest BCUT2D eigenvalue weighted by molar-refractivity contribution is 0.102. The second kappa shape index (κ2) is 10.7. The van der Waals surface area contributed by atoms with Crippen molar-refractivity contribution in [2.24, 2.45) is 5.92 Å². The van der Waals surface area contributed by atoms with Gasteiger partial charge in [0.05, 0.1) is 18.9 Å². The fourth-order valence-corrected chi connectivity index (χ4v) is 4.36. The van der Waals surface area contributed by atoms with Gasteiger partial charge in [-0.15, -0.1) is 10.2 Å². The molecule has 3 heterocycles. The topological polar surface area (TPSA) is 74.8 Å². The van der Waals surface area contributed by atoms with Crippen molar-refractivity contribution >= 4 is 17.5 Å². The van der Waals surface area contributed by atoms with Gasteiger partial charge in [0.1, 0.15) is 0 Å². The Hall–Kier alpha value is -2.45. The van der Waals surface area contributed by atoms with Crippen LogP contribution in [0, 0.1) is 19.8 Å². The van der Waals surface area contributed by atoms with E-state index >= 15 is 0 Å². The van der Waals surface area contributed by atoms with E-state index in [1.165, 1.54) is 11.8 Å². The smallest absolute Gasteiger partial charge is 0.192 e. The van der Waals surface area contributed by atoms with Gasteiger partial charge in [-0.2, -0.15) is 0 Å². The second-order valence-corrected chi connectivity index (χ2v) is 8.96. The number of Topliss-reactive ketones (excluding diaryl/α,β-unsaturated/α-hetero) is 1. The summed E-state index contributed by atoms with van der Waals surface area (Å²) in [5.41, 5.74) is 3.91. The normalized spacial score (nSPS) is 11.4. The fraction of sp³-hybridized carbons (Fsp3) is 0.478. The van der Waals surface area contributed by atoms with Gasteiger partial charge in [-0.3, -0.25) is 14.3 Å². The van der Waals surface area contributed by atoms with Gasteiger partial charge in [-0.25, -0.2) is 0 Å². The molecule has 3 aromatic rings. The molecule has 3 rings (SSSR count). The molecule has 31 heavy (non-hydrogen) atoms. The summed E-state index contributed by atoms with van der Waals surface area (Å²) in [7, 11) is 1.67. The summed E-state index contributed by atoms with van der Waals surface area (Å²) in [5.74, 6) is 1.81. The lowest BCUT2D eigenvalue weighted by Gasteiger charge is -2.11. The molecule has 0 saturated carbocycles. The highest BCUT2D eigenvalue weighted by Gasteiger charge is 2.19. The van der Waals surface area contributed by atoms with E-state index in [1.54, 1.807) is 19.5 Å². The summed E-state index contributed by atoms with van der Waals surface area (Å²) in [5, 5.41) is 9.42. The van der Waals surface area contributed by atoms with E-state index in [0.717, 1.165) is 41.3 Å². The van der Waals surface area contributed by atoms with Crippen molar-refractivity contribution < 1.29 is 9.53 Å².